The van der Waals surface area contributed by atoms with E-state index in [1.54, 1.807) is 11.3 Å². The fourth-order valence-electron chi connectivity index (χ4n) is 3.89. The number of carbonyl (C=O) groups is 1. The molecule has 6 heteroatoms. The molecule has 0 unspecified atom stereocenters. The summed E-state index contributed by atoms with van der Waals surface area (Å²) in [6.07, 6.45) is 4.47. The van der Waals surface area contributed by atoms with E-state index < -0.39 is 5.97 Å². The first-order valence-corrected chi connectivity index (χ1v) is 11.0. The Morgan fingerprint density at radius 3 is 2.62 bits per heavy atom. The van der Waals surface area contributed by atoms with Gasteiger partial charge >= 0.3 is 5.97 Å². The van der Waals surface area contributed by atoms with E-state index in [0.717, 1.165) is 48.4 Å². The molecule has 5 nitrogen and oxygen atoms in total. The van der Waals surface area contributed by atoms with Gasteiger partial charge in [0.15, 0.2) is 0 Å². The molecule has 0 spiro atoms. The maximum absolute atomic E-state index is 10.6. The molecule has 0 atom stereocenters. The van der Waals surface area contributed by atoms with Crippen LogP contribution in [0.1, 0.15) is 37.7 Å². The van der Waals surface area contributed by atoms with Gasteiger partial charge in [0.2, 0.25) is 0 Å². The third kappa shape index (κ3) is 5.55. The van der Waals surface area contributed by atoms with Gasteiger partial charge in [-0.25, -0.2) is 4.98 Å². The van der Waals surface area contributed by atoms with E-state index in [2.05, 4.69) is 28.1 Å². The van der Waals surface area contributed by atoms with Crippen LogP contribution in [0.3, 0.4) is 0 Å². The molecule has 1 aromatic heterocycles. The van der Waals surface area contributed by atoms with E-state index in [0.29, 0.717) is 17.5 Å². The third-order valence-corrected chi connectivity index (χ3v) is 6.43. The second-order valence-electron chi connectivity index (χ2n) is 7.70. The molecular formula is C23H26N2O3S. The van der Waals surface area contributed by atoms with Crippen molar-refractivity contribution in [2.24, 2.45) is 5.92 Å². The van der Waals surface area contributed by atoms with E-state index in [1.807, 2.05) is 30.3 Å². The quantitative estimate of drug-likeness (QED) is 0.527. The molecule has 0 aliphatic carbocycles. The van der Waals surface area contributed by atoms with Crippen LogP contribution >= 0.6 is 11.3 Å². The monoisotopic (exact) mass is 410 g/mol. The second kappa shape index (κ2) is 9.37. The van der Waals surface area contributed by atoms with E-state index in [1.165, 1.54) is 18.4 Å². The highest BCUT2D eigenvalue weighted by atomic mass is 32.1. The normalized spacial score (nSPS) is 15.6. The number of aliphatic carboxylic acids is 1. The number of nitrogens with zero attached hydrogens (tertiary/aromatic N) is 2. The zero-order valence-electron chi connectivity index (χ0n) is 16.4. The lowest BCUT2D eigenvalue weighted by Crippen LogP contribution is -2.33. The average Bonchev–Trinajstić information content (AvgIpc) is 3.13. The number of para-hydroxylation sites is 1. The molecule has 1 fully saturated rings. The Labute approximate surface area is 175 Å². The molecule has 3 aromatic rings. The summed E-state index contributed by atoms with van der Waals surface area (Å²) in [6.45, 7) is 3.12. The zero-order chi connectivity index (χ0) is 20.1. The minimum Gasteiger partial charge on any atom is -0.481 e. The highest BCUT2D eigenvalue weighted by molar-refractivity contribution is 7.20. The number of hydrogen-bond acceptors (Lipinski definition) is 5. The van der Waals surface area contributed by atoms with Crippen molar-refractivity contribution in [3.63, 3.8) is 0 Å². The second-order valence-corrected chi connectivity index (χ2v) is 8.69. The molecule has 2 heterocycles. The number of thiazole rings is 1. The molecule has 1 aliphatic heterocycles. The predicted molar refractivity (Wildman–Crippen MR) is 116 cm³/mol. The number of carboxylic acids is 1. The van der Waals surface area contributed by atoms with Crippen molar-refractivity contribution in [2.75, 3.05) is 13.1 Å². The highest BCUT2D eigenvalue weighted by Crippen LogP contribution is 2.31. The van der Waals surface area contributed by atoms with E-state index in [4.69, 9.17) is 9.84 Å². The standard InChI is InChI=1S/C23H26N2O3S/c26-22(27)7-3-4-17-12-14-25(15-13-17)16-18-8-10-19(11-9-18)28-23-24-20-5-1-2-6-21(20)29-23/h1-2,5-6,8-11,17H,3-4,7,12-16H2,(H,26,27). The minimum absolute atomic E-state index is 0.297. The number of likely N-dealkylation sites (tertiary alicyclic amines) is 1. The van der Waals surface area contributed by atoms with Gasteiger partial charge in [-0.15, -0.1) is 0 Å². The Hall–Kier alpha value is -2.44. The van der Waals surface area contributed by atoms with Crippen molar-refractivity contribution < 1.29 is 14.6 Å². The molecule has 1 N–H and O–H groups in total. The molecule has 0 bridgehead atoms. The lowest BCUT2D eigenvalue weighted by atomic mass is 9.91. The largest absolute Gasteiger partial charge is 0.481 e. The van der Waals surface area contributed by atoms with Crippen LogP contribution in [-0.2, 0) is 11.3 Å². The highest BCUT2D eigenvalue weighted by Gasteiger charge is 2.19. The predicted octanol–water partition coefficient (Wildman–Crippen LogP) is 5.56. The van der Waals surface area contributed by atoms with Gasteiger partial charge in [-0.3, -0.25) is 9.69 Å². The van der Waals surface area contributed by atoms with E-state index >= 15 is 0 Å². The average molecular weight is 411 g/mol. The fourth-order valence-corrected chi connectivity index (χ4v) is 4.73. The van der Waals surface area contributed by atoms with E-state index in [-0.39, 0.29) is 0 Å². The van der Waals surface area contributed by atoms with Crippen LogP contribution in [0.2, 0.25) is 0 Å². The molecule has 0 saturated carbocycles. The molecule has 152 valence electrons. The Balaban J connectivity index is 1.25. The smallest absolute Gasteiger partial charge is 0.303 e. The van der Waals surface area contributed by atoms with Crippen molar-refractivity contribution in [1.82, 2.24) is 9.88 Å². The fraction of sp³-hybridized carbons (Fsp3) is 0.391. The number of carboxylic acid groups (broad SMARTS) is 1. The zero-order valence-corrected chi connectivity index (χ0v) is 17.2. The summed E-state index contributed by atoms with van der Waals surface area (Å²) in [4.78, 5) is 17.6. The van der Waals surface area contributed by atoms with Crippen molar-refractivity contribution in [3.05, 3.63) is 54.1 Å². The van der Waals surface area contributed by atoms with Crippen LogP contribution < -0.4 is 4.74 Å². The number of fused-ring (bicyclic) bond motifs is 1. The van der Waals surface area contributed by atoms with Gasteiger partial charge < -0.3 is 9.84 Å². The molecule has 29 heavy (non-hydrogen) atoms. The van der Waals surface area contributed by atoms with Crippen LogP contribution in [0.4, 0.5) is 0 Å². The summed E-state index contributed by atoms with van der Waals surface area (Å²) >= 11 is 1.56. The van der Waals surface area contributed by atoms with Crippen LogP contribution in [0.25, 0.3) is 10.2 Å². The number of piperidine rings is 1. The number of rotatable bonds is 8. The van der Waals surface area contributed by atoms with Crippen molar-refractivity contribution in [1.29, 1.82) is 0 Å². The Kier molecular flexibility index (Phi) is 6.42. The van der Waals surface area contributed by atoms with Crippen molar-refractivity contribution in [2.45, 2.75) is 38.6 Å². The molecule has 0 radical (unpaired) electrons. The first-order valence-electron chi connectivity index (χ1n) is 10.2. The van der Waals surface area contributed by atoms with Gasteiger partial charge in [-0.05, 0) is 74.5 Å². The summed E-state index contributed by atoms with van der Waals surface area (Å²) in [5.41, 5.74) is 2.25. The number of hydrogen-bond donors (Lipinski definition) is 1. The lowest BCUT2D eigenvalue weighted by Gasteiger charge is -2.32. The first kappa shape index (κ1) is 19.9. The Bertz CT molecular complexity index is 913. The maximum Gasteiger partial charge on any atom is 0.303 e. The van der Waals surface area contributed by atoms with Gasteiger partial charge in [0.1, 0.15) is 5.75 Å². The van der Waals surface area contributed by atoms with E-state index in [9.17, 15) is 4.79 Å². The minimum atomic E-state index is -0.682. The molecule has 4 rings (SSSR count). The van der Waals surface area contributed by atoms with Gasteiger partial charge in [-0.1, -0.05) is 35.6 Å². The number of benzene rings is 2. The number of ether oxygens (including phenoxy) is 1. The lowest BCUT2D eigenvalue weighted by molar-refractivity contribution is -0.137. The first-order chi connectivity index (χ1) is 14.2. The van der Waals surface area contributed by atoms with Gasteiger partial charge in [0, 0.05) is 13.0 Å². The summed E-state index contributed by atoms with van der Waals surface area (Å²) in [5.74, 6) is 0.804. The SMILES string of the molecule is O=C(O)CCCC1CCN(Cc2ccc(Oc3nc4ccccc4s3)cc2)CC1. The summed E-state index contributed by atoms with van der Waals surface area (Å²) in [7, 11) is 0. The van der Waals surface area contributed by atoms with Crippen LogP contribution in [0, 0.1) is 5.92 Å². The molecule has 1 saturated heterocycles. The van der Waals surface area contributed by atoms with Gasteiger partial charge in [0.05, 0.1) is 10.2 Å². The summed E-state index contributed by atoms with van der Waals surface area (Å²) in [6, 6.07) is 16.3. The molecule has 0 amide bonds. The van der Waals surface area contributed by atoms with Gasteiger partial charge in [-0.2, -0.15) is 0 Å². The Morgan fingerprint density at radius 2 is 1.90 bits per heavy atom. The van der Waals surface area contributed by atoms with Gasteiger partial charge in [0.25, 0.3) is 5.19 Å². The summed E-state index contributed by atoms with van der Waals surface area (Å²) < 4.78 is 7.06. The molecule has 1 aliphatic rings. The summed E-state index contributed by atoms with van der Waals surface area (Å²) in [5, 5.41) is 9.43. The van der Waals surface area contributed by atoms with Crippen LogP contribution in [0.5, 0.6) is 10.9 Å². The molecular weight excluding hydrogens is 384 g/mol. The third-order valence-electron chi connectivity index (χ3n) is 5.52. The van der Waals surface area contributed by atoms with Crippen molar-refractivity contribution in [3.8, 4) is 10.9 Å². The topological polar surface area (TPSA) is 62.7 Å². The maximum atomic E-state index is 10.6. The van der Waals surface area contributed by atoms with Crippen molar-refractivity contribution >= 4 is 27.5 Å². The molecule has 2 aromatic carbocycles. The Morgan fingerprint density at radius 1 is 1.14 bits per heavy atom. The van der Waals surface area contributed by atoms with Crippen LogP contribution in [0.15, 0.2) is 48.5 Å². The number of aromatic nitrogens is 1. The van der Waals surface area contributed by atoms with Crippen LogP contribution in [-0.4, -0.2) is 34.0 Å².